The van der Waals surface area contributed by atoms with E-state index in [1.807, 2.05) is 18.7 Å². The Balaban J connectivity index is 2.50. The van der Waals surface area contributed by atoms with Gasteiger partial charge >= 0.3 is 0 Å². The van der Waals surface area contributed by atoms with Gasteiger partial charge in [0.05, 0.1) is 12.6 Å². The molecule has 1 saturated carbocycles. The summed E-state index contributed by atoms with van der Waals surface area (Å²) in [7, 11) is 1.65. The highest BCUT2D eigenvalue weighted by atomic mass is 16.5. The van der Waals surface area contributed by atoms with E-state index in [9.17, 15) is 4.79 Å². The molecular formula is C11H22N2O2. The summed E-state index contributed by atoms with van der Waals surface area (Å²) >= 11 is 0. The first-order chi connectivity index (χ1) is 7.07. The van der Waals surface area contributed by atoms with Gasteiger partial charge < -0.3 is 15.4 Å². The van der Waals surface area contributed by atoms with Crippen LogP contribution in [0.4, 0.5) is 0 Å². The Labute approximate surface area is 91.8 Å². The summed E-state index contributed by atoms with van der Waals surface area (Å²) in [6.07, 6.45) is 2.22. The molecule has 1 fully saturated rings. The maximum absolute atomic E-state index is 12.0. The van der Waals surface area contributed by atoms with Crippen molar-refractivity contribution in [3.63, 3.8) is 0 Å². The Morgan fingerprint density at radius 2 is 2.13 bits per heavy atom. The third-order valence-corrected chi connectivity index (χ3v) is 2.81. The molecule has 1 aliphatic rings. The Bertz CT molecular complexity index is 215. The second kappa shape index (κ2) is 5.47. The molecule has 88 valence electrons. The molecule has 1 amide bonds. The lowest BCUT2D eigenvalue weighted by atomic mass is 10.0. The zero-order chi connectivity index (χ0) is 11.4. The molecule has 0 aromatic rings. The molecule has 4 heteroatoms. The molecule has 1 rings (SSSR count). The smallest absolute Gasteiger partial charge is 0.240 e. The van der Waals surface area contributed by atoms with Crippen molar-refractivity contribution in [2.24, 2.45) is 11.7 Å². The number of ether oxygens (including phenoxy) is 1. The minimum atomic E-state index is -0.373. The van der Waals surface area contributed by atoms with Crippen LogP contribution in [0.5, 0.6) is 0 Å². The first-order valence-corrected chi connectivity index (χ1v) is 5.63. The standard InChI is InChI=1S/C11H22N2O2/c1-8(2)10(12)11(14)13(6-7-15-3)9-4-5-9/h8-10H,4-7,12H2,1-3H3/t10-/m1/s1. The Morgan fingerprint density at radius 1 is 1.53 bits per heavy atom. The van der Waals surface area contributed by atoms with Crippen LogP contribution >= 0.6 is 0 Å². The quantitative estimate of drug-likeness (QED) is 0.704. The predicted molar refractivity (Wildman–Crippen MR) is 59.4 cm³/mol. The highest BCUT2D eigenvalue weighted by Crippen LogP contribution is 2.27. The molecule has 2 N–H and O–H groups in total. The van der Waals surface area contributed by atoms with Crippen LogP contribution in [0, 0.1) is 5.92 Å². The van der Waals surface area contributed by atoms with Gasteiger partial charge in [0, 0.05) is 19.7 Å². The van der Waals surface area contributed by atoms with Gasteiger partial charge in [-0.25, -0.2) is 0 Å². The lowest BCUT2D eigenvalue weighted by Crippen LogP contribution is -2.48. The van der Waals surface area contributed by atoms with Crippen molar-refractivity contribution < 1.29 is 9.53 Å². The van der Waals surface area contributed by atoms with Crippen LogP contribution in [0.2, 0.25) is 0 Å². The number of nitrogens with two attached hydrogens (primary N) is 1. The molecule has 0 spiro atoms. The lowest BCUT2D eigenvalue weighted by molar-refractivity contribution is -0.134. The molecule has 0 unspecified atom stereocenters. The molecule has 0 aromatic carbocycles. The van der Waals surface area contributed by atoms with E-state index in [4.69, 9.17) is 10.5 Å². The zero-order valence-electron chi connectivity index (χ0n) is 9.90. The second-order valence-electron chi connectivity index (χ2n) is 4.53. The molecule has 4 nitrogen and oxygen atoms in total. The number of carbonyl (C=O) groups excluding carboxylic acids is 1. The number of nitrogens with zero attached hydrogens (tertiary/aromatic N) is 1. The number of rotatable bonds is 6. The monoisotopic (exact) mass is 214 g/mol. The van der Waals surface area contributed by atoms with Crippen molar-refractivity contribution in [3.05, 3.63) is 0 Å². The minimum absolute atomic E-state index is 0.0737. The van der Waals surface area contributed by atoms with Gasteiger partial charge in [-0.2, -0.15) is 0 Å². The van der Waals surface area contributed by atoms with Crippen molar-refractivity contribution in [2.75, 3.05) is 20.3 Å². The number of carbonyl (C=O) groups is 1. The van der Waals surface area contributed by atoms with Gasteiger partial charge in [0.25, 0.3) is 0 Å². The van der Waals surface area contributed by atoms with E-state index in [1.54, 1.807) is 7.11 Å². The topological polar surface area (TPSA) is 55.6 Å². The van der Waals surface area contributed by atoms with E-state index in [2.05, 4.69) is 0 Å². The van der Waals surface area contributed by atoms with E-state index >= 15 is 0 Å². The molecule has 1 atom stereocenters. The maximum Gasteiger partial charge on any atom is 0.240 e. The molecular weight excluding hydrogens is 192 g/mol. The third kappa shape index (κ3) is 3.47. The fourth-order valence-electron chi connectivity index (χ4n) is 1.53. The van der Waals surface area contributed by atoms with Gasteiger partial charge in [0.2, 0.25) is 5.91 Å². The summed E-state index contributed by atoms with van der Waals surface area (Å²) in [4.78, 5) is 13.9. The highest BCUT2D eigenvalue weighted by Gasteiger charge is 2.35. The van der Waals surface area contributed by atoms with Crippen LogP contribution in [-0.2, 0) is 9.53 Å². The molecule has 1 aliphatic carbocycles. The number of amides is 1. The summed E-state index contributed by atoms with van der Waals surface area (Å²) in [5.74, 6) is 0.269. The number of hydrogen-bond donors (Lipinski definition) is 1. The molecule has 0 bridgehead atoms. The van der Waals surface area contributed by atoms with E-state index < -0.39 is 0 Å². The van der Waals surface area contributed by atoms with E-state index in [-0.39, 0.29) is 17.9 Å². The first-order valence-electron chi connectivity index (χ1n) is 5.63. The molecule has 0 radical (unpaired) electrons. The van der Waals surface area contributed by atoms with Gasteiger partial charge in [0.1, 0.15) is 0 Å². The van der Waals surface area contributed by atoms with Gasteiger partial charge in [-0.15, -0.1) is 0 Å². The summed E-state index contributed by atoms with van der Waals surface area (Å²) < 4.78 is 5.01. The van der Waals surface area contributed by atoms with E-state index in [0.717, 1.165) is 12.8 Å². The van der Waals surface area contributed by atoms with Crippen LogP contribution in [0.1, 0.15) is 26.7 Å². The summed E-state index contributed by atoms with van der Waals surface area (Å²) in [5, 5.41) is 0. The first kappa shape index (κ1) is 12.5. The summed E-state index contributed by atoms with van der Waals surface area (Å²) in [6.45, 7) is 5.21. The van der Waals surface area contributed by atoms with Crippen LogP contribution in [0.25, 0.3) is 0 Å². The van der Waals surface area contributed by atoms with Crippen molar-refractivity contribution in [3.8, 4) is 0 Å². The van der Waals surface area contributed by atoms with Crippen molar-refractivity contribution in [1.82, 2.24) is 4.90 Å². The molecule has 0 heterocycles. The van der Waals surface area contributed by atoms with Crippen LogP contribution in [0.15, 0.2) is 0 Å². The Hall–Kier alpha value is -0.610. The molecule has 15 heavy (non-hydrogen) atoms. The highest BCUT2D eigenvalue weighted by molar-refractivity contribution is 5.82. The fourth-order valence-corrected chi connectivity index (χ4v) is 1.53. The maximum atomic E-state index is 12.0. The molecule has 0 aromatic heterocycles. The Kier molecular flexibility index (Phi) is 4.54. The largest absolute Gasteiger partial charge is 0.383 e. The predicted octanol–water partition coefficient (Wildman–Crippen LogP) is 0.607. The van der Waals surface area contributed by atoms with Gasteiger partial charge in [0.15, 0.2) is 0 Å². The van der Waals surface area contributed by atoms with Crippen molar-refractivity contribution in [2.45, 2.75) is 38.8 Å². The summed E-state index contributed by atoms with van der Waals surface area (Å²) in [6, 6.07) is 0.0416. The normalized spacial score (nSPS) is 17.9. The lowest BCUT2D eigenvalue weighted by Gasteiger charge is -2.27. The fraction of sp³-hybridized carbons (Fsp3) is 0.909. The zero-order valence-corrected chi connectivity index (χ0v) is 9.90. The van der Waals surface area contributed by atoms with Crippen LogP contribution in [0.3, 0.4) is 0 Å². The molecule has 0 saturated heterocycles. The number of hydrogen-bond acceptors (Lipinski definition) is 3. The Morgan fingerprint density at radius 3 is 2.53 bits per heavy atom. The van der Waals surface area contributed by atoms with E-state index in [1.165, 1.54) is 0 Å². The third-order valence-electron chi connectivity index (χ3n) is 2.81. The average molecular weight is 214 g/mol. The van der Waals surface area contributed by atoms with E-state index in [0.29, 0.717) is 19.2 Å². The molecule has 0 aliphatic heterocycles. The van der Waals surface area contributed by atoms with Crippen molar-refractivity contribution in [1.29, 1.82) is 0 Å². The average Bonchev–Trinajstić information content (AvgIpc) is 3.00. The van der Waals surface area contributed by atoms with Crippen molar-refractivity contribution >= 4 is 5.91 Å². The van der Waals surface area contributed by atoms with Crippen LogP contribution < -0.4 is 5.73 Å². The van der Waals surface area contributed by atoms with Gasteiger partial charge in [-0.3, -0.25) is 4.79 Å². The van der Waals surface area contributed by atoms with Crippen LogP contribution in [-0.4, -0.2) is 43.2 Å². The number of methoxy groups -OCH3 is 1. The van der Waals surface area contributed by atoms with Gasteiger partial charge in [-0.1, -0.05) is 13.8 Å². The second-order valence-corrected chi connectivity index (χ2v) is 4.53. The SMILES string of the molecule is COCCN(C(=O)[C@H](N)C(C)C)C1CC1. The minimum Gasteiger partial charge on any atom is -0.383 e. The summed E-state index contributed by atoms with van der Waals surface area (Å²) in [5.41, 5.74) is 5.87. The van der Waals surface area contributed by atoms with Gasteiger partial charge in [-0.05, 0) is 18.8 Å².